The fourth-order valence-electron chi connectivity index (χ4n) is 5.44. The number of thiazole rings is 1. The van der Waals surface area contributed by atoms with E-state index < -0.39 is 0 Å². The summed E-state index contributed by atoms with van der Waals surface area (Å²) in [6.45, 7) is 7.53. The monoisotopic (exact) mass is 526 g/mol. The molecule has 1 fully saturated rings. The second kappa shape index (κ2) is 12.0. The van der Waals surface area contributed by atoms with Gasteiger partial charge in [-0.3, -0.25) is 9.69 Å². The van der Waals surface area contributed by atoms with Gasteiger partial charge in [0.25, 0.3) is 0 Å². The molecule has 0 saturated carbocycles. The summed E-state index contributed by atoms with van der Waals surface area (Å²) in [4.78, 5) is 20.4. The Hall–Kier alpha value is -3.40. The summed E-state index contributed by atoms with van der Waals surface area (Å²) < 4.78 is 11.1. The van der Waals surface area contributed by atoms with Crippen molar-refractivity contribution in [2.45, 2.75) is 57.6 Å². The predicted molar refractivity (Wildman–Crippen MR) is 152 cm³/mol. The maximum atomic E-state index is 11.9. The van der Waals surface area contributed by atoms with Gasteiger partial charge in [-0.15, -0.1) is 17.3 Å². The highest BCUT2D eigenvalue weighted by Gasteiger charge is 2.37. The van der Waals surface area contributed by atoms with E-state index in [0.29, 0.717) is 13.2 Å². The largest absolute Gasteiger partial charge is 0.486 e. The van der Waals surface area contributed by atoms with Crippen molar-refractivity contribution in [1.29, 1.82) is 0 Å². The molecule has 0 radical (unpaired) electrons. The van der Waals surface area contributed by atoms with Crippen molar-refractivity contribution < 1.29 is 14.3 Å². The van der Waals surface area contributed by atoms with E-state index in [-0.39, 0.29) is 23.7 Å². The van der Waals surface area contributed by atoms with E-state index in [1.54, 1.807) is 18.3 Å². The summed E-state index contributed by atoms with van der Waals surface area (Å²) in [6.07, 6.45) is 9.30. The minimum atomic E-state index is -0.232. The highest BCUT2D eigenvalue weighted by molar-refractivity contribution is 7.11. The zero-order valence-electron chi connectivity index (χ0n) is 22.1. The quantitative estimate of drug-likeness (QED) is 0.240. The number of carbonyl (C=O) groups excluding carboxylic acids is 1. The number of rotatable bonds is 9. The molecule has 6 heteroatoms. The molecule has 1 saturated heterocycles. The summed E-state index contributed by atoms with van der Waals surface area (Å²) in [5, 5.41) is 0.974. The molecule has 38 heavy (non-hydrogen) atoms. The lowest BCUT2D eigenvalue weighted by Gasteiger charge is -2.39. The normalized spacial score (nSPS) is 16.5. The number of likely N-dealkylation sites (tertiary alicyclic amines) is 1. The molecule has 0 amide bonds. The van der Waals surface area contributed by atoms with Crippen LogP contribution in [0, 0.1) is 11.8 Å². The first-order chi connectivity index (χ1) is 18.6. The third kappa shape index (κ3) is 6.01. The van der Waals surface area contributed by atoms with Crippen molar-refractivity contribution in [1.82, 2.24) is 9.88 Å². The van der Waals surface area contributed by atoms with Crippen LogP contribution in [0.2, 0.25) is 0 Å². The number of nitrogens with zero attached hydrogens (tertiary/aromatic N) is 2. The van der Waals surface area contributed by atoms with E-state index in [4.69, 9.17) is 9.47 Å². The van der Waals surface area contributed by atoms with E-state index >= 15 is 0 Å². The summed E-state index contributed by atoms with van der Waals surface area (Å²) in [6, 6.07) is 16.6. The van der Waals surface area contributed by atoms with Gasteiger partial charge in [0, 0.05) is 23.0 Å². The third-order valence-electron chi connectivity index (χ3n) is 7.45. The number of hydrogen-bond donors (Lipinski definition) is 0. The van der Waals surface area contributed by atoms with Gasteiger partial charge in [-0.1, -0.05) is 54.5 Å². The molecule has 1 atom stereocenters. The molecule has 2 heterocycles. The molecule has 2 aromatic carbocycles. The molecular formula is C32H34N2O3S. The van der Waals surface area contributed by atoms with Gasteiger partial charge in [0.15, 0.2) is 0 Å². The highest BCUT2D eigenvalue weighted by Crippen LogP contribution is 2.43. The van der Waals surface area contributed by atoms with Gasteiger partial charge in [-0.2, -0.15) is 0 Å². The maximum absolute atomic E-state index is 11.9. The molecule has 1 aliphatic heterocycles. The van der Waals surface area contributed by atoms with Crippen molar-refractivity contribution in [2.75, 3.05) is 19.7 Å². The number of fused-ring (bicyclic) bond motifs is 2. The van der Waals surface area contributed by atoms with Gasteiger partial charge in [0.05, 0.1) is 18.9 Å². The van der Waals surface area contributed by atoms with Crippen LogP contribution in [-0.4, -0.2) is 35.5 Å². The van der Waals surface area contributed by atoms with Crippen LogP contribution < -0.4 is 4.74 Å². The Morgan fingerprint density at radius 3 is 2.71 bits per heavy atom. The molecule has 2 aliphatic rings. The Balaban J connectivity index is 1.11. The molecule has 1 aromatic heterocycles. The number of allylic oxidation sites excluding steroid dienone is 1. The molecule has 196 valence electrons. The number of hydrogen-bond acceptors (Lipinski definition) is 6. The molecule has 3 aromatic rings. The Kier molecular flexibility index (Phi) is 8.26. The number of aromatic nitrogens is 1. The van der Waals surface area contributed by atoms with Crippen LogP contribution in [0.15, 0.2) is 60.8 Å². The average molecular weight is 527 g/mol. The van der Waals surface area contributed by atoms with Gasteiger partial charge >= 0.3 is 5.97 Å². The molecule has 1 aliphatic carbocycles. The van der Waals surface area contributed by atoms with Crippen LogP contribution in [0.1, 0.15) is 65.6 Å². The molecule has 0 unspecified atom stereocenters. The third-order valence-corrected chi connectivity index (χ3v) is 8.40. The van der Waals surface area contributed by atoms with E-state index in [2.05, 4.69) is 58.1 Å². The van der Waals surface area contributed by atoms with E-state index in [1.807, 2.05) is 37.4 Å². The van der Waals surface area contributed by atoms with Crippen LogP contribution in [0.4, 0.5) is 0 Å². The smallest absolute Gasteiger partial charge is 0.307 e. The fraction of sp³-hybridized carbons (Fsp3) is 0.375. The maximum Gasteiger partial charge on any atom is 0.307 e. The highest BCUT2D eigenvalue weighted by atomic mass is 32.1. The zero-order valence-corrected chi connectivity index (χ0v) is 22.9. The van der Waals surface area contributed by atoms with Gasteiger partial charge in [0.1, 0.15) is 17.4 Å². The minimum Gasteiger partial charge on any atom is -0.486 e. The van der Waals surface area contributed by atoms with Crippen molar-refractivity contribution in [3.63, 3.8) is 0 Å². The fourth-order valence-corrected chi connectivity index (χ4v) is 6.32. The zero-order chi connectivity index (χ0) is 26.4. The Labute approximate surface area is 229 Å². The van der Waals surface area contributed by atoms with Crippen LogP contribution in [0.5, 0.6) is 5.75 Å². The van der Waals surface area contributed by atoms with E-state index in [0.717, 1.165) is 48.8 Å². The lowest BCUT2D eigenvalue weighted by atomic mass is 9.74. The number of carbonyl (C=O) groups is 1. The Morgan fingerprint density at radius 2 is 1.95 bits per heavy atom. The van der Waals surface area contributed by atoms with E-state index in [9.17, 15) is 4.79 Å². The van der Waals surface area contributed by atoms with Crippen LogP contribution >= 0.6 is 11.3 Å². The topological polar surface area (TPSA) is 51.7 Å². The molecule has 5 nitrogen and oxygen atoms in total. The first-order valence-electron chi connectivity index (χ1n) is 13.3. The summed E-state index contributed by atoms with van der Waals surface area (Å²) in [7, 11) is 0. The summed E-state index contributed by atoms with van der Waals surface area (Å²) in [5.41, 5.74) is 4.08. The molecule has 0 N–H and O–H groups in total. The standard InChI is InChI=1S/C32H34N2O3S/c1-3-7-26(20-31(35)36-4-2)24-10-12-27(13-11-24)37-23-30-33-21-28(38-30)22-34-18-16-32(17-19-34)15-14-25-8-5-6-9-29(25)32/h5-6,8-15,21,26H,4,16-20,22-23H2,1-2H3/t26-/m0/s1. The summed E-state index contributed by atoms with van der Waals surface area (Å²) in [5.74, 6) is 6.39. The Morgan fingerprint density at radius 1 is 1.16 bits per heavy atom. The van der Waals surface area contributed by atoms with Gasteiger partial charge in [-0.05, 0) is 68.6 Å². The average Bonchev–Trinajstić information content (AvgIpc) is 3.54. The van der Waals surface area contributed by atoms with Gasteiger partial charge in [-0.25, -0.2) is 4.98 Å². The second-order valence-electron chi connectivity index (χ2n) is 9.89. The first kappa shape index (κ1) is 26.2. The van der Waals surface area contributed by atoms with E-state index in [1.165, 1.54) is 16.0 Å². The van der Waals surface area contributed by atoms with Crippen molar-refractivity contribution >= 4 is 23.4 Å². The minimum absolute atomic E-state index is 0.182. The second-order valence-corrected chi connectivity index (χ2v) is 11.1. The number of benzene rings is 2. The summed E-state index contributed by atoms with van der Waals surface area (Å²) >= 11 is 1.72. The van der Waals surface area contributed by atoms with Crippen LogP contribution in [0.25, 0.3) is 6.08 Å². The lowest BCUT2D eigenvalue weighted by molar-refractivity contribution is -0.143. The van der Waals surface area contributed by atoms with Gasteiger partial charge < -0.3 is 9.47 Å². The van der Waals surface area contributed by atoms with Gasteiger partial charge in [0.2, 0.25) is 0 Å². The lowest BCUT2D eigenvalue weighted by Crippen LogP contribution is -2.40. The van der Waals surface area contributed by atoms with Crippen LogP contribution in [0.3, 0.4) is 0 Å². The number of ether oxygens (including phenoxy) is 2. The predicted octanol–water partition coefficient (Wildman–Crippen LogP) is 6.34. The Bertz CT molecular complexity index is 1340. The molecule has 5 rings (SSSR count). The van der Waals surface area contributed by atoms with Crippen molar-refractivity contribution in [3.8, 4) is 17.6 Å². The molecular weight excluding hydrogens is 492 g/mol. The van der Waals surface area contributed by atoms with Crippen LogP contribution in [-0.2, 0) is 28.1 Å². The molecule has 0 bridgehead atoms. The molecule has 1 spiro atoms. The number of esters is 1. The van der Waals surface area contributed by atoms with Crippen molar-refractivity contribution in [2.24, 2.45) is 0 Å². The van der Waals surface area contributed by atoms with Crippen molar-refractivity contribution in [3.05, 3.63) is 87.4 Å². The number of piperidine rings is 1. The SMILES string of the molecule is CC#C[C@@H](CC(=O)OCC)c1ccc(OCc2ncc(CN3CCC4(C=Cc5ccccc54)CC3)s2)cc1. The first-order valence-corrected chi connectivity index (χ1v) is 14.2.